The van der Waals surface area contributed by atoms with Crippen molar-refractivity contribution >= 4 is 69.7 Å². The lowest BCUT2D eigenvalue weighted by Crippen LogP contribution is -2.71. The summed E-state index contributed by atoms with van der Waals surface area (Å²) in [5.41, 5.74) is 5.54. The zero-order valence-corrected chi connectivity index (χ0v) is 26.4. The molecule has 45 heavy (non-hydrogen) atoms. The van der Waals surface area contributed by atoms with E-state index >= 15 is 0 Å². The van der Waals surface area contributed by atoms with E-state index in [1.165, 1.54) is 28.2 Å². The molecule has 2 aliphatic rings. The Morgan fingerprint density at radius 1 is 1.24 bits per heavy atom. The van der Waals surface area contributed by atoms with Crippen molar-refractivity contribution in [3.8, 4) is 5.69 Å². The molecule has 2 amide bonds. The molecular formula is C25H26N10O7S3. The van der Waals surface area contributed by atoms with Crippen LogP contribution in [0.3, 0.4) is 0 Å². The molecule has 5 rings (SSSR count). The summed E-state index contributed by atoms with van der Waals surface area (Å²) in [6.07, 6.45) is 0. The summed E-state index contributed by atoms with van der Waals surface area (Å²) in [5.74, 6) is -3.22. The lowest BCUT2D eigenvalue weighted by atomic mass is 10.0. The number of anilines is 1. The molecule has 236 valence electrons. The number of tetrazole rings is 1. The number of nitrogens with two attached hydrogens (primary N) is 1. The van der Waals surface area contributed by atoms with Crippen molar-refractivity contribution in [3.05, 3.63) is 47.4 Å². The van der Waals surface area contributed by atoms with E-state index in [1.54, 1.807) is 20.8 Å². The Hall–Kier alpha value is -4.56. The van der Waals surface area contributed by atoms with E-state index in [0.29, 0.717) is 10.7 Å². The number of benzene rings is 1. The van der Waals surface area contributed by atoms with E-state index in [2.05, 4.69) is 35.4 Å². The number of nitrogen functional groups attached to an aromatic ring is 1. The number of carbonyl (C=O) groups is 4. The summed E-state index contributed by atoms with van der Waals surface area (Å²) in [4.78, 5) is 61.0. The molecule has 0 radical (unpaired) electrons. The topological polar surface area (TPSA) is 230 Å². The van der Waals surface area contributed by atoms with E-state index in [-0.39, 0.29) is 28.2 Å². The average molecular weight is 675 g/mol. The molecule has 1 aromatic carbocycles. The Bertz CT molecular complexity index is 1690. The third-order valence-corrected chi connectivity index (χ3v) is 8.87. The molecular weight excluding hydrogens is 649 g/mol. The molecule has 4 heterocycles. The second kappa shape index (κ2) is 13.2. The number of ether oxygens (including phenoxy) is 1. The molecule has 0 aliphatic carbocycles. The van der Waals surface area contributed by atoms with Crippen molar-refractivity contribution in [3.63, 3.8) is 0 Å². The highest BCUT2D eigenvalue weighted by Crippen LogP contribution is 2.41. The van der Waals surface area contributed by atoms with E-state index in [4.69, 9.17) is 15.3 Å². The Kier molecular flexibility index (Phi) is 9.34. The first-order valence-corrected chi connectivity index (χ1v) is 15.9. The van der Waals surface area contributed by atoms with Crippen LogP contribution in [-0.2, 0) is 28.8 Å². The SMILES string of the molecule is CC(C)(C)OC(=O)CON=C(C(=O)NC1C(=O)N2C(C(=O)O)=C(CSc3nnnn3-c3ccccc3)CS[C@@H]12)c1nsc(N)n1. The fourth-order valence-electron chi connectivity index (χ4n) is 4.19. The number of hydrogen-bond acceptors (Lipinski definition) is 16. The van der Waals surface area contributed by atoms with Crippen LogP contribution in [0.2, 0.25) is 0 Å². The van der Waals surface area contributed by atoms with Gasteiger partial charge < -0.3 is 25.7 Å². The van der Waals surface area contributed by atoms with Gasteiger partial charge in [-0.3, -0.25) is 14.5 Å². The Labute approximate surface area is 267 Å². The number of β-lactam (4-membered cyclic amide) rings is 1. The zero-order valence-electron chi connectivity index (χ0n) is 23.9. The third kappa shape index (κ3) is 7.23. The van der Waals surface area contributed by atoms with Gasteiger partial charge in [0, 0.05) is 23.0 Å². The number of para-hydroxylation sites is 1. The molecule has 1 fully saturated rings. The maximum Gasteiger partial charge on any atom is 0.352 e. The minimum Gasteiger partial charge on any atom is -0.477 e. The molecule has 0 bridgehead atoms. The van der Waals surface area contributed by atoms with E-state index in [0.717, 1.165) is 22.1 Å². The van der Waals surface area contributed by atoms with Crippen molar-refractivity contribution in [1.29, 1.82) is 0 Å². The molecule has 1 saturated heterocycles. The molecule has 0 spiro atoms. The number of hydrogen-bond donors (Lipinski definition) is 3. The number of nitrogens with zero attached hydrogens (tertiary/aromatic N) is 8. The summed E-state index contributed by atoms with van der Waals surface area (Å²) in [5, 5.41) is 27.9. The predicted molar refractivity (Wildman–Crippen MR) is 162 cm³/mol. The van der Waals surface area contributed by atoms with Gasteiger partial charge in [0.1, 0.15) is 22.7 Å². The minimum atomic E-state index is -1.28. The quantitative estimate of drug-likeness (QED) is 0.0835. The van der Waals surface area contributed by atoms with Crippen LogP contribution in [-0.4, -0.2) is 104 Å². The summed E-state index contributed by atoms with van der Waals surface area (Å²) in [7, 11) is 0. The number of aliphatic carboxylic acids is 1. The Balaban J connectivity index is 1.28. The number of aromatic nitrogens is 6. The van der Waals surface area contributed by atoms with Gasteiger partial charge >= 0.3 is 11.9 Å². The first-order valence-electron chi connectivity index (χ1n) is 13.1. The number of carboxylic acid groups (broad SMARTS) is 1. The Morgan fingerprint density at radius 2 is 2.00 bits per heavy atom. The van der Waals surface area contributed by atoms with E-state index < -0.39 is 53.1 Å². The maximum atomic E-state index is 13.3. The fourth-order valence-corrected chi connectivity index (χ4v) is 7.00. The van der Waals surface area contributed by atoms with E-state index in [1.807, 2.05) is 30.3 Å². The number of oxime groups is 1. The molecule has 20 heteroatoms. The summed E-state index contributed by atoms with van der Waals surface area (Å²) in [6, 6.07) is 8.13. The number of rotatable bonds is 11. The van der Waals surface area contributed by atoms with Crippen LogP contribution in [0.4, 0.5) is 5.13 Å². The molecule has 3 aromatic rings. The lowest BCUT2D eigenvalue weighted by molar-refractivity contribution is -0.160. The molecule has 0 saturated carbocycles. The van der Waals surface area contributed by atoms with E-state index in [9.17, 15) is 24.3 Å². The highest BCUT2D eigenvalue weighted by molar-refractivity contribution is 8.01. The van der Waals surface area contributed by atoms with Gasteiger partial charge in [0.05, 0.1) is 5.69 Å². The van der Waals surface area contributed by atoms with Crippen LogP contribution in [0.5, 0.6) is 0 Å². The van der Waals surface area contributed by atoms with Gasteiger partial charge in [0.25, 0.3) is 11.8 Å². The first-order chi connectivity index (χ1) is 21.4. The van der Waals surface area contributed by atoms with Crippen LogP contribution < -0.4 is 11.1 Å². The molecule has 2 aliphatic heterocycles. The standard InChI is InChI=1S/C25H26N10O7S3/c1-25(2,3)42-14(36)9-41-30-15(18-28-23(26)45-31-18)19(37)27-16-20(38)34-17(22(39)40)12(10-43-21(16)34)11-44-24-29-32-33-35(24)13-7-5-4-6-8-13/h4-8,16,21H,9-11H2,1-3H3,(H,27,37)(H,39,40)(H2,26,28,31)/t16?,21-/m0/s1. The van der Waals surface area contributed by atoms with Crippen LogP contribution in [0, 0.1) is 0 Å². The molecule has 2 aromatic heterocycles. The van der Waals surface area contributed by atoms with Crippen molar-refractivity contribution in [2.75, 3.05) is 23.8 Å². The molecule has 17 nitrogen and oxygen atoms in total. The van der Waals surface area contributed by atoms with Crippen molar-refractivity contribution in [1.82, 2.24) is 39.8 Å². The van der Waals surface area contributed by atoms with Gasteiger partial charge in [-0.15, -0.1) is 16.9 Å². The minimum absolute atomic E-state index is 0.0470. The second-order valence-electron chi connectivity index (χ2n) is 10.4. The monoisotopic (exact) mass is 674 g/mol. The van der Waals surface area contributed by atoms with Crippen LogP contribution in [0.1, 0.15) is 26.6 Å². The van der Waals surface area contributed by atoms with Gasteiger partial charge in [0.2, 0.25) is 23.3 Å². The van der Waals surface area contributed by atoms with Crippen LogP contribution in [0.15, 0.2) is 51.9 Å². The summed E-state index contributed by atoms with van der Waals surface area (Å²) >= 11 is 3.32. The number of fused-ring (bicyclic) bond motifs is 1. The number of amides is 2. The normalized spacial score (nSPS) is 18.2. The average Bonchev–Trinajstić information content (AvgIpc) is 3.64. The van der Waals surface area contributed by atoms with Gasteiger partial charge in [-0.1, -0.05) is 35.1 Å². The zero-order chi connectivity index (χ0) is 32.3. The number of thioether (sulfide) groups is 2. The number of esters is 1. The van der Waals surface area contributed by atoms with Gasteiger partial charge in [-0.2, -0.15) is 14.0 Å². The fraction of sp³-hybridized carbons (Fsp3) is 0.360. The number of nitrogens with one attached hydrogen (secondary N) is 1. The molecule has 4 N–H and O–H groups in total. The number of carbonyl (C=O) groups excluding carboxylic acids is 3. The smallest absolute Gasteiger partial charge is 0.352 e. The first kappa shape index (κ1) is 31.9. The molecule has 2 atom stereocenters. The predicted octanol–water partition coefficient (Wildman–Crippen LogP) is 0.689. The maximum absolute atomic E-state index is 13.3. The second-order valence-corrected chi connectivity index (χ2v) is 13.2. The van der Waals surface area contributed by atoms with Crippen molar-refractivity contribution in [2.24, 2.45) is 5.16 Å². The Morgan fingerprint density at radius 3 is 2.67 bits per heavy atom. The summed E-state index contributed by atoms with van der Waals surface area (Å²) < 4.78 is 10.7. The van der Waals surface area contributed by atoms with Crippen LogP contribution in [0.25, 0.3) is 5.69 Å². The van der Waals surface area contributed by atoms with Crippen LogP contribution >= 0.6 is 35.1 Å². The van der Waals surface area contributed by atoms with Crippen molar-refractivity contribution < 1.29 is 33.9 Å². The number of carboxylic acids is 1. The lowest BCUT2D eigenvalue weighted by Gasteiger charge is -2.49. The molecule has 1 unspecified atom stereocenters. The van der Waals surface area contributed by atoms with Gasteiger partial charge in [-0.25, -0.2) is 9.59 Å². The van der Waals surface area contributed by atoms with Gasteiger partial charge in [0.15, 0.2) is 5.13 Å². The highest BCUT2D eigenvalue weighted by Gasteiger charge is 2.54. The largest absolute Gasteiger partial charge is 0.477 e. The summed E-state index contributed by atoms with van der Waals surface area (Å²) in [6.45, 7) is 4.44. The third-order valence-electron chi connectivity index (χ3n) is 5.98. The van der Waals surface area contributed by atoms with Crippen molar-refractivity contribution in [2.45, 2.75) is 42.9 Å². The van der Waals surface area contributed by atoms with Gasteiger partial charge in [-0.05, 0) is 48.9 Å². The highest BCUT2D eigenvalue weighted by atomic mass is 32.2.